The van der Waals surface area contributed by atoms with E-state index in [1.54, 1.807) is 12.1 Å². The van der Waals surface area contributed by atoms with Crippen molar-refractivity contribution < 1.29 is 9.18 Å². The molecule has 1 rings (SSSR count). The van der Waals surface area contributed by atoms with Gasteiger partial charge in [-0.1, -0.05) is 37.9 Å². The summed E-state index contributed by atoms with van der Waals surface area (Å²) in [5.74, 6) is -0.00981. The molecule has 0 saturated heterocycles. The van der Waals surface area contributed by atoms with Crippen molar-refractivity contribution in [1.82, 2.24) is 0 Å². The summed E-state index contributed by atoms with van der Waals surface area (Å²) in [5.41, 5.74) is 0.317. The Morgan fingerprint density at radius 3 is 2.75 bits per heavy atom. The number of carbonyl (C=O) groups excluding carboxylic acids is 1. The van der Waals surface area contributed by atoms with Crippen LogP contribution in [0, 0.1) is 11.7 Å². The minimum atomic E-state index is -0.398. The molecule has 1 aromatic carbocycles. The molecule has 0 aromatic heterocycles. The number of carbonyl (C=O) groups is 1. The lowest BCUT2D eigenvalue weighted by atomic mass is 9.98. The average Bonchev–Trinajstić information content (AvgIpc) is 2.23. The fraction of sp³-hybridized carbons (Fsp3) is 0.462. The number of rotatable bonds is 5. The summed E-state index contributed by atoms with van der Waals surface area (Å²) in [7, 11) is 0. The van der Waals surface area contributed by atoms with Crippen molar-refractivity contribution in [2.45, 2.75) is 33.1 Å². The highest BCUT2D eigenvalue weighted by atomic mass is 35.5. The number of benzene rings is 1. The zero-order valence-electron chi connectivity index (χ0n) is 9.59. The summed E-state index contributed by atoms with van der Waals surface area (Å²) in [6.07, 6.45) is 1.54. The number of halogens is 2. The van der Waals surface area contributed by atoms with E-state index in [2.05, 4.69) is 0 Å². The highest BCUT2D eigenvalue weighted by Crippen LogP contribution is 2.21. The van der Waals surface area contributed by atoms with Crippen LogP contribution in [0.15, 0.2) is 18.2 Å². The molecule has 16 heavy (non-hydrogen) atoms. The molecular weight excluding hydrogens is 227 g/mol. The van der Waals surface area contributed by atoms with Crippen molar-refractivity contribution in [2.24, 2.45) is 5.92 Å². The third kappa shape index (κ3) is 3.60. The first-order valence-corrected chi connectivity index (χ1v) is 5.87. The zero-order chi connectivity index (χ0) is 12.1. The first kappa shape index (κ1) is 13.2. The van der Waals surface area contributed by atoms with Gasteiger partial charge in [0.15, 0.2) is 0 Å². The molecule has 0 bridgehead atoms. The quantitative estimate of drug-likeness (QED) is 0.762. The van der Waals surface area contributed by atoms with Crippen LogP contribution >= 0.6 is 11.6 Å². The molecule has 3 heteroatoms. The molecule has 0 aliphatic heterocycles. The van der Waals surface area contributed by atoms with E-state index in [-0.39, 0.29) is 12.2 Å². The van der Waals surface area contributed by atoms with Crippen LogP contribution in [0.4, 0.5) is 4.39 Å². The average molecular weight is 243 g/mol. The Morgan fingerprint density at radius 1 is 1.50 bits per heavy atom. The Hall–Kier alpha value is -0.890. The normalized spacial score (nSPS) is 12.5. The summed E-state index contributed by atoms with van der Waals surface area (Å²) in [4.78, 5) is 11.7. The van der Waals surface area contributed by atoms with Gasteiger partial charge in [0.05, 0.1) is 0 Å². The van der Waals surface area contributed by atoms with Gasteiger partial charge in [0.25, 0.3) is 0 Å². The number of hydrogen-bond donors (Lipinski definition) is 0. The zero-order valence-corrected chi connectivity index (χ0v) is 10.4. The van der Waals surface area contributed by atoms with Crippen LogP contribution in [0.2, 0.25) is 5.02 Å². The van der Waals surface area contributed by atoms with Gasteiger partial charge in [0.1, 0.15) is 11.6 Å². The second-order valence-electron chi connectivity index (χ2n) is 4.13. The lowest BCUT2D eigenvalue weighted by Gasteiger charge is -2.08. The van der Waals surface area contributed by atoms with E-state index >= 15 is 0 Å². The molecule has 0 fully saturated rings. The summed E-state index contributed by atoms with van der Waals surface area (Å²) < 4.78 is 13.4. The molecule has 0 spiro atoms. The van der Waals surface area contributed by atoms with Crippen molar-refractivity contribution in [1.29, 1.82) is 0 Å². The van der Waals surface area contributed by atoms with Crippen molar-refractivity contribution in [3.63, 3.8) is 0 Å². The van der Waals surface area contributed by atoms with Gasteiger partial charge in [-0.15, -0.1) is 0 Å². The van der Waals surface area contributed by atoms with Crippen LogP contribution in [-0.4, -0.2) is 5.78 Å². The van der Waals surface area contributed by atoms with Crippen LogP contribution in [0.5, 0.6) is 0 Å². The maximum Gasteiger partial charge on any atom is 0.137 e. The highest BCUT2D eigenvalue weighted by Gasteiger charge is 2.13. The predicted octanol–water partition coefficient (Wildman–Crippen LogP) is 4.03. The van der Waals surface area contributed by atoms with Gasteiger partial charge in [-0.05, 0) is 18.1 Å². The van der Waals surface area contributed by atoms with Crippen LogP contribution in [-0.2, 0) is 11.2 Å². The van der Waals surface area contributed by atoms with Crippen molar-refractivity contribution in [3.8, 4) is 0 Å². The van der Waals surface area contributed by atoms with E-state index in [9.17, 15) is 9.18 Å². The fourth-order valence-corrected chi connectivity index (χ4v) is 1.73. The lowest BCUT2D eigenvalue weighted by Crippen LogP contribution is -2.09. The summed E-state index contributed by atoms with van der Waals surface area (Å²) in [6, 6.07) is 4.48. The monoisotopic (exact) mass is 242 g/mol. The number of ketones is 1. The molecule has 1 aromatic rings. The third-order valence-electron chi connectivity index (χ3n) is 2.71. The predicted molar refractivity (Wildman–Crippen MR) is 64.2 cm³/mol. The first-order valence-electron chi connectivity index (χ1n) is 5.49. The number of Topliss-reactive ketones (excluding diaryl/α,β-unsaturated/α-hetero) is 1. The molecule has 0 saturated carbocycles. The molecule has 1 atom stereocenters. The van der Waals surface area contributed by atoms with Crippen molar-refractivity contribution >= 4 is 17.4 Å². The lowest BCUT2D eigenvalue weighted by molar-refractivity contribution is -0.119. The minimum absolute atomic E-state index is 0.0429. The van der Waals surface area contributed by atoms with E-state index in [1.165, 1.54) is 6.07 Å². The Balaban J connectivity index is 2.70. The number of hydrogen-bond acceptors (Lipinski definition) is 1. The Kier molecular flexibility index (Phi) is 4.94. The third-order valence-corrected chi connectivity index (χ3v) is 3.06. The van der Waals surface area contributed by atoms with E-state index in [4.69, 9.17) is 11.6 Å². The largest absolute Gasteiger partial charge is 0.299 e. The van der Waals surface area contributed by atoms with Gasteiger partial charge < -0.3 is 0 Å². The molecule has 0 N–H and O–H groups in total. The van der Waals surface area contributed by atoms with Gasteiger partial charge in [0.2, 0.25) is 0 Å². The molecule has 0 aliphatic carbocycles. The molecule has 0 amide bonds. The Labute approximate surface area is 101 Å². The van der Waals surface area contributed by atoms with Gasteiger partial charge >= 0.3 is 0 Å². The van der Waals surface area contributed by atoms with Gasteiger partial charge in [-0.3, -0.25) is 4.79 Å². The van der Waals surface area contributed by atoms with Crippen LogP contribution in [0.3, 0.4) is 0 Å². The topological polar surface area (TPSA) is 17.1 Å². The second kappa shape index (κ2) is 6.00. The molecular formula is C13H16ClFO. The smallest absolute Gasteiger partial charge is 0.137 e. The van der Waals surface area contributed by atoms with E-state index < -0.39 is 5.82 Å². The maximum atomic E-state index is 13.4. The summed E-state index contributed by atoms with van der Waals surface area (Å²) >= 11 is 5.85. The van der Waals surface area contributed by atoms with Crippen molar-refractivity contribution in [2.75, 3.05) is 0 Å². The molecule has 1 unspecified atom stereocenters. The van der Waals surface area contributed by atoms with Crippen LogP contribution < -0.4 is 0 Å². The Morgan fingerprint density at radius 2 is 2.19 bits per heavy atom. The summed E-state index contributed by atoms with van der Waals surface area (Å²) in [6.45, 7) is 4.05. The molecule has 88 valence electrons. The van der Waals surface area contributed by atoms with Crippen molar-refractivity contribution in [3.05, 3.63) is 34.6 Å². The molecule has 1 nitrogen and oxygen atoms in total. The molecule has 0 heterocycles. The van der Waals surface area contributed by atoms with Crippen LogP contribution in [0.1, 0.15) is 32.3 Å². The van der Waals surface area contributed by atoms with Gasteiger partial charge in [0, 0.05) is 23.4 Å². The molecule has 0 aliphatic rings. The van der Waals surface area contributed by atoms with Crippen LogP contribution in [0.25, 0.3) is 0 Å². The minimum Gasteiger partial charge on any atom is -0.299 e. The Bertz CT molecular complexity index is 356. The summed E-state index contributed by atoms with van der Waals surface area (Å²) in [5, 5.41) is 0.331. The first-order chi connectivity index (χ1) is 7.54. The standard InChI is InChI=1S/C13H16ClFO/c1-3-9(2)7-10(16)8-11-12(14)5-4-6-13(11)15/h4-6,9H,3,7-8H2,1-2H3. The SMILES string of the molecule is CCC(C)CC(=O)Cc1c(F)cccc1Cl. The molecule has 0 radical (unpaired) electrons. The van der Waals surface area contributed by atoms with Gasteiger partial charge in [-0.25, -0.2) is 4.39 Å². The van der Waals surface area contributed by atoms with E-state index in [0.717, 1.165) is 6.42 Å². The highest BCUT2D eigenvalue weighted by molar-refractivity contribution is 6.31. The maximum absolute atomic E-state index is 13.4. The van der Waals surface area contributed by atoms with E-state index in [0.29, 0.717) is 22.9 Å². The second-order valence-corrected chi connectivity index (χ2v) is 4.54. The van der Waals surface area contributed by atoms with Gasteiger partial charge in [-0.2, -0.15) is 0 Å². The van der Waals surface area contributed by atoms with E-state index in [1.807, 2.05) is 13.8 Å². The fourth-order valence-electron chi connectivity index (χ4n) is 1.50.